The molecule has 0 aliphatic rings. The quantitative estimate of drug-likeness (QED) is 0.777. The Bertz CT molecular complexity index is 273. The molecule has 0 aliphatic carbocycles. The molecular formula is C12H19NO. The number of hydrogen-bond acceptors (Lipinski definition) is 2. The number of nitrogens with two attached hydrogens (primary N) is 1. The van der Waals surface area contributed by atoms with Gasteiger partial charge in [0.2, 0.25) is 0 Å². The first-order chi connectivity index (χ1) is 6.77. The largest absolute Gasteiger partial charge is 0.380 e. The molecule has 0 aromatic heterocycles. The number of rotatable bonds is 5. The Morgan fingerprint density at radius 2 is 1.93 bits per heavy atom. The van der Waals surface area contributed by atoms with E-state index in [1.165, 1.54) is 11.1 Å². The second kappa shape index (κ2) is 5.78. The zero-order chi connectivity index (χ0) is 10.4. The molecule has 14 heavy (non-hydrogen) atoms. The van der Waals surface area contributed by atoms with Gasteiger partial charge in [-0.05, 0) is 24.0 Å². The first kappa shape index (κ1) is 11.2. The van der Waals surface area contributed by atoms with Crippen LogP contribution in [0, 0.1) is 0 Å². The summed E-state index contributed by atoms with van der Waals surface area (Å²) in [6.45, 7) is 2.79. The summed E-state index contributed by atoms with van der Waals surface area (Å²) < 4.78 is 5.14. The maximum absolute atomic E-state index is 5.93. The van der Waals surface area contributed by atoms with E-state index in [2.05, 4.69) is 25.1 Å². The number of ether oxygens (including phenoxy) is 1. The lowest BCUT2D eigenvalue weighted by atomic mass is 10.00. The number of benzene rings is 1. The fourth-order valence-electron chi connectivity index (χ4n) is 1.48. The molecule has 0 amide bonds. The van der Waals surface area contributed by atoms with E-state index in [9.17, 15) is 0 Å². The molecule has 0 spiro atoms. The molecule has 0 fully saturated rings. The molecule has 0 radical (unpaired) electrons. The van der Waals surface area contributed by atoms with Gasteiger partial charge in [-0.1, -0.05) is 31.2 Å². The standard InChI is InChI=1S/C12H19NO/c1-3-12(13)8-10-6-4-5-7-11(10)9-14-2/h4-7,12H,3,8-9,13H2,1-2H3. The third-order valence-corrected chi connectivity index (χ3v) is 2.42. The van der Waals surface area contributed by atoms with Gasteiger partial charge in [0.1, 0.15) is 0 Å². The molecule has 0 saturated carbocycles. The van der Waals surface area contributed by atoms with Crippen LogP contribution in [0.1, 0.15) is 24.5 Å². The topological polar surface area (TPSA) is 35.2 Å². The van der Waals surface area contributed by atoms with Gasteiger partial charge in [0.15, 0.2) is 0 Å². The summed E-state index contributed by atoms with van der Waals surface area (Å²) in [7, 11) is 1.72. The third kappa shape index (κ3) is 3.13. The molecule has 0 aliphatic heterocycles. The summed E-state index contributed by atoms with van der Waals surface area (Å²) in [5, 5.41) is 0. The van der Waals surface area contributed by atoms with Gasteiger partial charge in [0.05, 0.1) is 6.61 Å². The lowest BCUT2D eigenvalue weighted by molar-refractivity contribution is 0.184. The van der Waals surface area contributed by atoms with E-state index in [0.29, 0.717) is 6.61 Å². The van der Waals surface area contributed by atoms with Gasteiger partial charge < -0.3 is 10.5 Å². The highest BCUT2D eigenvalue weighted by atomic mass is 16.5. The molecule has 2 nitrogen and oxygen atoms in total. The summed E-state index contributed by atoms with van der Waals surface area (Å²) in [6, 6.07) is 8.57. The van der Waals surface area contributed by atoms with Crippen LogP contribution in [0.4, 0.5) is 0 Å². The van der Waals surface area contributed by atoms with Gasteiger partial charge in [-0.15, -0.1) is 0 Å². The normalized spacial score (nSPS) is 12.8. The van der Waals surface area contributed by atoms with E-state index in [-0.39, 0.29) is 6.04 Å². The minimum Gasteiger partial charge on any atom is -0.380 e. The molecule has 1 aromatic rings. The van der Waals surface area contributed by atoms with Crippen LogP contribution in [0.15, 0.2) is 24.3 Å². The zero-order valence-electron chi connectivity index (χ0n) is 8.99. The highest BCUT2D eigenvalue weighted by molar-refractivity contribution is 5.27. The average Bonchev–Trinajstić information content (AvgIpc) is 2.21. The SMILES string of the molecule is CCC(N)Cc1ccccc1COC. The second-order valence-electron chi connectivity index (χ2n) is 3.57. The maximum Gasteiger partial charge on any atom is 0.0715 e. The lowest BCUT2D eigenvalue weighted by Crippen LogP contribution is -2.22. The van der Waals surface area contributed by atoms with Crippen molar-refractivity contribution in [3.63, 3.8) is 0 Å². The monoisotopic (exact) mass is 193 g/mol. The van der Waals surface area contributed by atoms with Crippen molar-refractivity contribution in [3.8, 4) is 0 Å². The van der Waals surface area contributed by atoms with Crippen LogP contribution in [0.3, 0.4) is 0 Å². The summed E-state index contributed by atoms with van der Waals surface area (Å²) in [6.07, 6.45) is 1.96. The number of methoxy groups -OCH3 is 1. The first-order valence-corrected chi connectivity index (χ1v) is 5.09. The molecule has 2 heteroatoms. The number of hydrogen-bond donors (Lipinski definition) is 1. The Kier molecular flexibility index (Phi) is 4.63. The van der Waals surface area contributed by atoms with Crippen molar-refractivity contribution in [1.29, 1.82) is 0 Å². The van der Waals surface area contributed by atoms with Crippen LogP contribution >= 0.6 is 0 Å². The highest BCUT2D eigenvalue weighted by Gasteiger charge is 2.05. The van der Waals surface area contributed by atoms with E-state index in [1.807, 2.05) is 6.07 Å². The molecule has 1 atom stereocenters. The molecule has 1 rings (SSSR count). The maximum atomic E-state index is 5.93. The van der Waals surface area contributed by atoms with Crippen molar-refractivity contribution >= 4 is 0 Å². The van der Waals surface area contributed by atoms with E-state index < -0.39 is 0 Å². The van der Waals surface area contributed by atoms with Crippen molar-refractivity contribution < 1.29 is 4.74 Å². The van der Waals surface area contributed by atoms with Crippen LogP contribution in [0.2, 0.25) is 0 Å². The Labute approximate surface area is 86.1 Å². The Morgan fingerprint density at radius 3 is 2.50 bits per heavy atom. The molecular weight excluding hydrogens is 174 g/mol. The fourth-order valence-corrected chi connectivity index (χ4v) is 1.48. The molecule has 0 saturated heterocycles. The summed E-state index contributed by atoms with van der Waals surface area (Å²) in [5.74, 6) is 0. The fraction of sp³-hybridized carbons (Fsp3) is 0.500. The van der Waals surface area contributed by atoms with E-state index in [4.69, 9.17) is 10.5 Å². The minimum absolute atomic E-state index is 0.257. The summed E-state index contributed by atoms with van der Waals surface area (Å²) in [4.78, 5) is 0. The van der Waals surface area contributed by atoms with Gasteiger partial charge in [-0.25, -0.2) is 0 Å². The van der Waals surface area contributed by atoms with Crippen molar-refractivity contribution in [2.75, 3.05) is 7.11 Å². The van der Waals surface area contributed by atoms with Crippen molar-refractivity contribution in [2.24, 2.45) is 5.73 Å². The van der Waals surface area contributed by atoms with Crippen LogP contribution < -0.4 is 5.73 Å². The molecule has 1 aromatic carbocycles. The molecule has 0 heterocycles. The Hall–Kier alpha value is -0.860. The average molecular weight is 193 g/mol. The minimum atomic E-state index is 0.257. The van der Waals surface area contributed by atoms with Gasteiger partial charge in [0.25, 0.3) is 0 Å². The first-order valence-electron chi connectivity index (χ1n) is 5.09. The van der Waals surface area contributed by atoms with E-state index in [1.54, 1.807) is 7.11 Å². The zero-order valence-corrected chi connectivity index (χ0v) is 8.99. The second-order valence-corrected chi connectivity index (χ2v) is 3.57. The highest BCUT2D eigenvalue weighted by Crippen LogP contribution is 2.12. The lowest BCUT2D eigenvalue weighted by Gasteiger charge is -2.12. The summed E-state index contributed by atoms with van der Waals surface area (Å²) >= 11 is 0. The van der Waals surface area contributed by atoms with Crippen molar-refractivity contribution in [1.82, 2.24) is 0 Å². The van der Waals surface area contributed by atoms with Crippen LogP contribution in [0.25, 0.3) is 0 Å². The Balaban J connectivity index is 2.73. The third-order valence-electron chi connectivity index (χ3n) is 2.42. The van der Waals surface area contributed by atoms with Crippen LogP contribution in [-0.4, -0.2) is 13.2 Å². The Morgan fingerprint density at radius 1 is 1.29 bits per heavy atom. The van der Waals surface area contributed by atoms with Gasteiger partial charge >= 0.3 is 0 Å². The molecule has 2 N–H and O–H groups in total. The smallest absolute Gasteiger partial charge is 0.0715 e. The van der Waals surface area contributed by atoms with Gasteiger partial charge in [-0.2, -0.15) is 0 Å². The molecule has 78 valence electrons. The summed E-state index contributed by atoms with van der Waals surface area (Å²) in [5.41, 5.74) is 8.49. The van der Waals surface area contributed by atoms with Crippen LogP contribution in [-0.2, 0) is 17.8 Å². The predicted molar refractivity (Wildman–Crippen MR) is 59.1 cm³/mol. The van der Waals surface area contributed by atoms with E-state index in [0.717, 1.165) is 12.8 Å². The van der Waals surface area contributed by atoms with Gasteiger partial charge in [0, 0.05) is 13.2 Å². The molecule has 1 unspecified atom stereocenters. The van der Waals surface area contributed by atoms with E-state index >= 15 is 0 Å². The van der Waals surface area contributed by atoms with Crippen LogP contribution in [0.5, 0.6) is 0 Å². The van der Waals surface area contributed by atoms with Crippen molar-refractivity contribution in [2.45, 2.75) is 32.4 Å². The predicted octanol–water partition coefficient (Wildman–Crippen LogP) is 2.11. The van der Waals surface area contributed by atoms with Gasteiger partial charge in [-0.3, -0.25) is 0 Å². The van der Waals surface area contributed by atoms with Crippen molar-refractivity contribution in [3.05, 3.63) is 35.4 Å². The molecule has 0 bridgehead atoms.